The van der Waals surface area contributed by atoms with E-state index < -0.39 is 0 Å². The second-order valence-electron chi connectivity index (χ2n) is 4.54. The quantitative estimate of drug-likeness (QED) is 0.621. The normalized spacial score (nSPS) is 20.0. The molecule has 0 saturated carbocycles. The summed E-state index contributed by atoms with van der Waals surface area (Å²) in [5.41, 5.74) is 1.51. The van der Waals surface area contributed by atoms with Crippen molar-refractivity contribution in [3.05, 3.63) is 33.9 Å². The van der Waals surface area contributed by atoms with Gasteiger partial charge in [-0.15, -0.1) is 0 Å². The molecule has 0 radical (unpaired) electrons. The number of aliphatic hydroxyl groups excluding tert-OH is 1. The Balaban J connectivity index is 2.14. The predicted octanol–water partition coefficient (Wildman–Crippen LogP) is 1.20. The van der Waals surface area contributed by atoms with E-state index in [1.54, 1.807) is 19.2 Å². The summed E-state index contributed by atoms with van der Waals surface area (Å²) in [4.78, 5) is 12.7. The van der Waals surface area contributed by atoms with E-state index in [0.717, 1.165) is 18.5 Å². The molecule has 0 unspecified atom stereocenters. The van der Waals surface area contributed by atoms with Crippen LogP contribution in [0.15, 0.2) is 18.2 Å². The van der Waals surface area contributed by atoms with Crippen LogP contribution in [0.4, 0.5) is 11.4 Å². The maximum absolute atomic E-state index is 10.9. The molecule has 0 bridgehead atoms. The molecule has 1 aliphatic heterocycles. The smallest absolute Gasteiger partial charge is 0.292 e. The monoisotopic (exact) mass is 251 g/mol. The molecule has 1 aromatic carbocycles. The lowest BCUT2D eigenvalue weighted by atomic mass is 10.1. The summed E-state index contributed by atoms with van der Waals surface area (Å²) in [6.45, 7) is 2.12. The van der Waals surface area contributed by atoms with Gasteiger partial charge in [0.05, 0.1) is 11.0 Å². The van der Waals surface area contributed by atoms with Gasteiger partial charge in [-0.25, -0.2) is 0 Å². The third kappa shape index (κ3) is 2.77. The lowest BCUT2D eigenvalue weighted by molar-refractivity contribution is -0.384. The molecule has 18 heavy (non-hydrogen) atoms. The Bertz CT molecular complexity index is 450. The summed E-state index contributed by atoms with van der Waals surface area (Å²) in [5.74, 6) is 0. The molecule has 1 fully saturated rings. The number of hydrogen-bond acceptors (Lipinski definition) is 5. The van der Waals surface area contributed by atoms with Gasteiger partial charge in [-0.3, -0.25) is 15.0 Å². The molecule has 0 spiro atoms. The molecule has 98 valence electrons. The van der Waals surface area contributed by atoms with Crippen LogP contribution >= 0.6 is 0 Å². The summed E-state index contributed by atoms with van der Waals surface area (Å²) < 4.78 is 0. The number of anilines is 1. The van der Waals surface area contributed by atoms with Crippen molar-refractivity contribution in [1.29, 1.82) is 0 Å². The van der Waals surface area contributed by atoms with Crippen molar-refractivity contribution >= 4 is 11.4 Å². The number of likely N-dealkylation sites (tertiary alicyclic amines) is 1. The fourth-order valence-corrected chi connectivity index (χ4v) is 2.25. The van der Waals surface area contributed by atoms with E-state index in [0.29, 0.717) is 18.8 Å². The van der Waals surface area contributed by atoms with Gasteiger partial charge in [-0.1, -0.05) is 6.07 Å². The zero-order chi connectivity index (χ0) is 13.1. The number of nitro benzene ring substituents is 1. The summed E-state index contributed by atoms with van der Waals surface area (Å²) in [6.07, 6.45) is 0.507. The Morgan fingerprint density at radius 1 is 1.61 bits per heavy atom. The maximum Gasteiger partial charge on any atom is 0.292 e. The molecule has 2 N–H and O–H groups in total. The number of hydrogen-bond donors (Lipinski definition) is 2. The third-order valence-corrected chi connectivity index (χ3v) is 3.18. The van der Waals surface area contributed by atoms with Gasteiger partial charge in [0.2, 0.25) is 0 Å². The molecule has 0 amide bonds. The van der Waals surface area contributed by atoms with E-state index in [9.17, 15) is 15.2 Å². The van der Waals surface area contributed by atoms with Gasteiger partial charge >= 0.3 is 0 Å². The van der Waals surface area contributed by atoms with Gasteiger partial charge in [0.1, 0.15) is 5.69 Å². The molecule has 1 saturated heterocycles. The Morgan fingerprint density at radius 3 is 2.94 bits per heavy atom. The van der Waals surface area contributed by atoms with Crippen LogP contribution in [-0.4, -0.2) is 41.2 Å². The average molecular weight is 251 g/mol. The Hall–Kier alpha value is -1.66. The van der Waals surface area contributed by atoms with Crippen LogP contribution in [0.1, 0.15) is 12.0 Å². The first kappa shape index (κ1) is 12.8. The van der Waals surface area contributed by atoms with E-state index in [-0.39, 0.29) is 16.7 Å². The molecule has 1 aromatic rings. The molecule has 1 heterocycles. The minimum absolute atomic E-state index is 0.0924. The molecule has 0 aliphatic carbocycles. The van der Waals surface area contributed by atoms with Crippen LogP contribution in [0.5, 0.6) is 0 Å². The summed E-state index contributed by atoms with van der Waals surface area (Å²) in [5, 5.41) is 23.2. The van der Waals surface area contributed by atoms with E-state index in [4.69, 9.17) is 0 Å². The molecule has 1 aliphatic rings. The van der Waals surface area contributed by atoms with Crippen LogP contribution in [0, 0.1) is 10.1 Å². The van der Waals surface area contributed by atoms with Crippen molar-refractivity contribution in [1.82, 2.24) is 4.90 Å². The van der Waals surface area contributed by atoms with E-state index in [2.05, 4.69) is 10.2 Å². The molecule has 6 heteroatoms. The van der Waals surface area contributed by atoms with Crippen molar-refractivity contribution in [2.75, 3.05) is 25.5 Å². The summed E-state index contributed by atoms with van der Waals surface area (Å²) in [7, 11) is 1.67. The number of β-amino-alcohol motifs (C(OH)–C–C–N with tert-alkyl or cyclic N) is 1. The lowest BCUT2D eigenvalue weighted by Crippen LogP contribution is -2.21. The van der Waals surface area contributed by atoms with Gasteiger partial charge in [0.15, 0.2) is 0 Å². The number of benzene rings is 1. The van der Waals surface area contributed by atoms with Gasteiger partial charge in [-0.2, -0.15) is 0 Å². The summed E-state index contributed by atoms with van der Waals surface area (Å²) in [6, 6.07) is 5.19. The molecule has 0 aromatic heterocycles. The average Bonchev–Trinajstić information content (AvgIpc) is 2.74. The Labute approximate surface area is 105 Å². The molecular weight excluding hydrogens is 234 g/mol. The van der Waals surface area contributed by atoms with Crippen LogP contribution < -0.4 is 5.32 Å². The number of nitrogens with zero attached hydrogens (tertiary/aromatic N) is 2. The largest absolute Gasteiger partial charge is 0.392 e. The predicted molar refractivity (Wildman–Crippen MR) is 68.5 cm³/mol. The highest BCUT2D eigenvalue weighted by Crippen LogP contribution is 2.26. The zero-order valence-corrected chi connectivity index (χ0v) is 10.3. The number of nitro groups is 1. The molecular formula is C12H17N3O3. The Kier molecular flexibility index (Phi) is 3.78. The van der Waals surface area contributed by atoms with Crippen molar-refractivity contribution in [3.63, 3.8) is 0 Å². The first-order chi connectivity index (χ1) is 8.60. The fraction of sp³-hybridized carbons (Fsp3) is 0.500. The highest BCUT2D eigenvalue weighted by atomic mass is 16.6. The summed E-state index contributed by atoms with van der Waals surface area (Å²) >= 11 is 0. The van der Waals surface area contributed by atoms with E-state index >= 15 is 0 Å². The van der Waals surface area contributed by atoms with Crippen molar-refractivity contribution in [2.45, 2.75) is 19.1 Å². The third-order valence-electron chi connectivity index (χ3n) is 3.18. The first-order valence-corrected chi connectivity index (χ1v) is 5.95. The Morgan fingerprint density at radius 2 is 2.39 bits per heavy atom. The molecule has 2 rings (SSSR count). The number of aliphatic hydroxyl groups is 1. The van der Waals surface area contributed by atoms with Gasteiger partial charge in [0.25, 0.3) is 5.69 Å². The minimum Gasteiger partial charge on any atom is -0.392 e. The molecule has 6 nitrogen and oxygen atoms in total. The van der Waals surface area contributed by atoms with E-state index in [1.165, 1.54) is 0 Å². The van der Waals surface area contributed by atoms with Crippen LogP contribution in [0.3, 0.4) is 0 Å². The maximum atomic E-state index is 10.9. The molecule has 1 atom stereocenters. The van der Waals surface area contributed by atoms with Crippen molar-refractivity contribution < 1.29 is 10.0 Å². The van der Waals surface area contributed by atoms with Crippen LogP contribution in [0.25, 0.3) is 0 Å². The zero-order valence-electron chi connectivity index (χ0n) is 10.3. The fourth-order valence-electron chi connectivity index (χ4n) is 2.25. The lowest BCUT2D eigenvalue weighted by Gasteiger charge is -2.15. The van der Waals surface area contributed by atoms with Crippen LogP contribution in [0.2, 0.25) is 0 Å². The van der Waals surface area contributed by atoms with Crippen LogP contribution in [-0.2, 0) is 6.54 Å². The first-order valence-electron chi connectivity index (χ1n) is 5.95. The highest BCUT2D eigenvalue weighted by Gasteiger charge is 2.21. The van der Waals surface area contributed by atoms with E-state index in [1.807, 2.05) is 6.07 Å². The van der Waals surface area contributed by atoms with Crippen molar-refractivity contribution in [3.8, 4) is 0 Å². The highest BCUT2D eigenvalue weighted by molar-refractivity contribution is 5.62. The van der Waals surface area contributed by atoms with Gasteiger partial charge < -0.3 is 10.4 Å². The number of nitrogens with one attached hydrogen (secondary N) is 1. The SMILES string of the molecule is CNc1ccc(CN2CC[C@@H](O)C2)cc1[N+](=O)[O-]. The topological polar surface area (TPSA) is 78.6 Å². The standard InChI is InChI=1S/C12H17N3O3/c1-13-11-3-2-9(6-12(11)15(17)18)7-14-5-4-10(16)8-14/h2-3,6,10,13,16H,4-5,7-8H2,1H3/t10-/m1/s1. The second kappa shape index (κ2) is 5.32. The van der Waals surface area contributed by atoms with Gasteiger partial charge in [0, 0.05) is 32.7 Å². The van der Waals surface area contributed by atoms with Gasteiger partial charge in [-0.05, 0) is 18.1 Å². The minimum atomic E-state index is -0.381. The van der Waals surface area contributed by atoms with Crippen molar-refractivity contribution in [2.24, 2.45) is 0 Å². The number of rotatable bonds is 4. The second-order valence-corrected chi connectivity index (χ2v) is 4.54.